The largest absolute Gasteiger partial charge is 0.495 e. The summed E-state index contributed by atoms with van der Waals surface area (Å²) in [7, 11) is 1.53. The van der Waals surface area contributed by atoms with Crippen LogP contribution in [-0.2, 0) is 0 Å². The molecule has 0 saturated carbocycles. The highest BCUT2D eigenvalue weighted by Crippen LogP contribution is 2.17. The van der Waals surface area contributed by atoms with E-state index in [1.54, 1.807) is 6.07 Å². The number of benzene rings is 1. The van der Waals surface area contributed by atoms with Gasteiger partial charge in [-0.2, -0.15) is 0 Å². The van der Waals surface area contributed by atoms with Crippen LogP contribution in [0.2, 0.25) is 0 Å². The minimum Gasteiger partial charge on any atom is -0.495 e. The van der Waals surface area contributed by atoms with Crippen molar-refractivity contribution in [1.29, 1.82) is 0 Å². The number of ether oxygens (including phenoxy) is 1. The van der Waals surface area contributed by atoms with Crippen molar-refractivity contribution in [3.63, 3.8) is 0 Å². The van der Waals surface area contributed by atoms with Gasteiger partial charge in [-0.05, 0) is 18.2 Å². The van der Waals surface area contributed by atoms with E-state index in [2.05, 4.69) is 11.8 Å². The Balaban J connectivity index is 2.94. The maximum Gasteiger partial charge on any atom is 0.134 e. The van der Waals surface area contributed by atoms with Gasteiger partial charge in [0.25, 0.3) is 0 Å². The van der Waals surface area contributed by atoms with Crippen molar-refractivity contribution in [2.45, 2.75) is 6.42 Å². The maximum atomic E-state index is 12.8. The van der Waals surface area contributed by atoms with E-state index in [1.165, 1.54) is 19.2 Å². The van der Waals surface area contributed by atoms with Gasteiger partial charge in [0.1, 0.15) is 11.6 Å². The topological polar surface area (TPSA) is 35.2 Å². The summed E-state index contributed by atoms with van der Waals surface area (Å²) in [6, 6.07) is 4.25. The Morgan fingerprint density at radius 2 is 2.29 bits per heavy atom. The van der Waals surface area contributed by atoms with Crippen LogP contribution in [0.25, 0.3) is 0 Å². The van der Waals surface area contributed by atoms with Crippen molar-refractivity contribution in [1.82, 2.24) is 0 Å². The van der Waals surface area contributed by atoms with E-state index in [-0.39, 0.29) is 5.82 Å². The van der Waals surface area contributed by atoms with Gasteiger partial charge >= 0.3 is 0 Å². The standard InChI is InChI=1S/C11H12FNO/c1-14-11-6-5-10(12)8-9(11)4-2-3-7-13/h5-6,8H,3,7,13H2,1H3. The minimum atomic E-state index is -0.317. The molecule has 1 rings (SSSR count). The average molecular weight is 193 g/mol. The molecule has 0 spiro atoms. The van der Waals surface area contributed by atoms with Crippen LogP contribution in [0.15, 0.2) is 18.2 Å². The van der Waals surface area contributed by atoms with Crippen LogP contribution >= 0.6 is 0 Å². The highest BCUT2D eigenvalue weighted by atomic mass is 19.1. The number of nitrogens with two attached hydrogens (primary N) is 1. The highest BCUT2D eigenvalue weighted by Gasteiger charge is 2.00. The molecule has 0 aliphatic carbocycles. The first-order chi connectivity index (χ1) is 6.77. The summed E-state index contributed by atoms with van der Waals surface area (Å²) in [5, 5.41) is 0. The smallest absolute Gasteiger partial charge is 0.134 e. The van der Waals surface area contributed by atoms with Gasteiger partial charge in [-0.15, -0.1) is 0 Å². The summed E-state index contributed by atoms with van der Waals surface area (Å²) in [4.78, 5) is 0. The van der Waals surface area contributed by atoms with E-state index < -0.39 is 0 Å². The molecule has 14 heavy (non-hydrogen) atoms. The van der Waals surface area contributed by atoms with Crippen LogP contribution in [0, 0.1) is 17.7 Å². The zero-order valence-corrected chi connectivity index (χ0v) is 8.01. The van der Waals surface area contributed by atoms with Crippen LogP contribution in [0.5, 0.6) is 5.75 Å². The first kappa shape index (κ1) is 10.6. The number of halogens is 1. The Bertz CT molecular complexity index is 365. The van der Waals surface area contributed by atoms with Gasteiger partial charge in [0.2, 0.25) is 0 Å². The maximum absolute atomic E-state index is 12.8. The molecular formula is C11H12FNO. The molecule has 0 saturated heterocycles. The van der Waals surface area contributed by atoms with E-state index in [9.17, 15) is 4.39 Å². The third-order valence-corrected chi connectivity index (χ3v) is 1.65. The van der Waals surface area contributed by atoms with E-state index >= 15 is 0 Å². The molecule has 3 heteroatoms. The lowest BCUT2D eigenvalue weighted by atomic mass is 10.2. The molecule has 74 valence electrons. The second-order valence-electron chi connectivity index (χ2n) is 2.69. The lowest BCUT2D eigenvalue weighted by Crippen LogP contribution is -1.95. The molecule has 0 bridgehead atoms. The molecule has 0 aromatic heterocycles. The molecule has 0 aliphatic rings. The minimum absolute atomic E-state index is 0.317. The fraction of sp³-hybridized carbons (Fsp3) is 0.273. The third-order valence-electron chi connectivity index (χ3n) is 1.65. The molecule has 0 radical (unpaired) electrons. The third kappa shape index (κ3) is 2.75. The zero-order chi connectivity index (χ0) is 10.4. The van der Waals surface area contributed by atoms with Crippen molar-refractivity contribution in [3.8, 4) is 17.6 Å². The second kappa shape index (κ2) is 5.25. The number of rotatable bonds is 2. The van der Waals surface area contributed by atoms with Gasteiger partial charge in [0.05, 0.1) is 12.7 Å². The molecule has 0 heterocycles. The predicted octanol–water partition coefficient (Wildman–Crippen LogP) is 1.53. The fourth-order valence-corrected chi connectivity index (χ4v) is 1.01. The van der Waals surface area contributed by atoms with Crippen molar-refractivity contribution < 1.29 is 9.13 Å². The van der Waals surface area contributed by atoms with Crippen LogP contribution in [0.1, 0.15) is 12.0 Å². The molecule has 1 aromatic carbocycles. The Hall–Kier alpha value is -1.53. The Morgan fingerprint density at radius 1 is 1.50 bits per heavy atom. The predicted molar refractivity (Wildman–Crippen MR) is 53.5 cm³/mol. The van der Waals surface area contributed by atoms with Gasteiger partial charge in [-0.1, -0.05) is 11.8 Å². The van der Waals surface area contributed by atoms with Gasteiger partial charge < -0.3 is 10.5 Å². The summed E-state index contributed by atoms with van der Waals surface area (Å²) in [6.45, 7) is 0.505. The van der Waals surface area contributed by atoms with Crippen LogP contribution in [-0.4, -0.2) is 13.7 Å². The number of methoxy groups -OCH3 is 1. The average Bonchev–Trinajstić information content (AvgIpc) is 2.19. The lowest BCUT2D eigenvalue weighted by Gasteiger charge is -2.01. The molecule has 0 amide bonds. The molecule has 2 N–H and O–H groups in total. The van der Waals surface area contributed by atoms with Crippen LogP contribution in [0.4, 0.5) is 4.39 Å². The van der Waals surface area contributed by atoms with Gasteiger partial charge in [-0.3, -0.25) is 0 Å². The Labute approximate surface area is 82.9 Å². The molecule has 0 aliphatic heterocycles. The molecule has 0 fully saturated rings. The SMILES string of the molecule is COc1ccc(F)cc1C#CCCN. The number of hydrogen-bond donors (Lipinski definition) is 1. The van der Waals surface area contributed by atoms with E-state index in [0.717, 1.165) is 0 Å². The molecule has 2 nitrogen and oxygen atoms in total. The van der Waals surface area contributed by atoms with E-state index in [4.69, 9.17) is 10.5 Å². The molecule has 0 unspecified atom stereocenters. The van der Waals surface area contributed by atoms with Crippen molar-refractivity contribution in [2.24, 2.45) is 5.73 Å². The zero-order valence-electron chi connectivity index (χ0n) is 8.01. The molecule has 1 aromatic rings. The summed E-state index contributed by atoms with van der Waals surface area (Å²) >= 11 is 0. The summed E-state index contributed by atoms with van der Waals surface area (Å²) in [5.74, 6) is 5.91. The van der Waals surface area contributed by atoms with Gasteiger partial charge in [0, 0.05) is 13.0 Å². The van der Waals surface area contributed by atoms with Crippen molar-refractivity contribution >= 4 is 0 Å². The first-order valence-electron chi connectivity index (χ1n) is 4.30. The van der Waals surface area contributed by atoms with Crippen LogP contribution in [0.3, 0.4) is 0 Å². The number of hydrogen-bond acceptors (Lipinski definition) is 2. The Morgan fingerprint density at radius 3 is 2.93 bits per heavy atom. The summed E-state index contributed by atoms with van der Waals surface area (Å²) in [5.41, 5.74) is 5.84. The highest BCUT2D eigenvalue weighted by molar-refractivity contribution is 5.46. The molecular weight excluding hydrogens is 181 g/mol. The quantitative estimate of drug-likeness (QED) is 0.723. The van der Waals surface area contributed by atoms with E-state index in [0.29, 0.717) is 24.3 Å². The molecule has 0 atom stereocenters. The monoisotopic (exact) mass is 193 g/mol. The van der Waals surface area contributed by atoms with Crippen molar-refractivity contribution in [2.75, 3.05) is 13.7 Å². The normalized spacial score (nSPS) is 9.07. The Kier molecular flexibility index (Phi) is 3.96. The fourth-order valence-electron chi connectivity index (χ4n) is 1.01. The van der Waals surface area contributed by atoms with E-state index in [1.807, 2.05) is 0 Å². The lowest BCUT2D eigenvalue weighted by molar-refractivity contribution is 0.412. The van der Waals surface area contributed by atoms with Gasteiger partial charge in [0.15, 0.2) is 0 Å². The van der Waals surface area contributed by atoms with Crippen molar-refractivity contribution in [3.05, 3.63) is 29.6 Å². The second-order valence-corrected chi connectivity index (χ2v) is 2.69. The first-order valence-corrected chi connectivity index (χ1v) is 4.30. The summed E-state index contributed by atoms with van der Waals surface area (Å²) in [6.07, 6.45) is 0.597. The van der Waals surface area contributed by atoms with Gasteiger partial charge in [-0.25, -0.2) is 4.39 Å². The van der Waals surface area contributed by atoms with Crippen LogP contribution < -0.4 is 10.5 Å². The summed E-state index contributed by atoms with van der Waals surface area (Å²) < 4.78 is 17.9.